The normalized spacial score (nSPS) is 16.9. The fourth-order valence-corrected chi connectivity index (χ4v) is 8.96. The summed E-state index contributed by atoms with van der Waals surface area (Å²) in [5, 5.41) is 80.2. The van der Waals surface area contributed by atoms with Crippen molar-refractivity contribution in [3.8, 4) is 0 Å². The minimum Gasteiger partial charge on any atom is -0.481 e. The van der Waals surface area contributed by atoms with Gasteiger partial charge in [0.2, 0.25) is 23.8 Å². The number of carbonyl (C=O) groups is 9. The first-order chi connectivity index (χ1) is 38.2. The van der Waals surface area contributed by atoms with Crippen LogP contribution in [0, 0.1) is 0 Å². The molecule has 1 aromatic heterocycles. The molecule has 0 saturated carbocycles. The van der Waals surface area contributed by atoms with Gasteiger partial charge in [0.05, 0.1) is 39.4 Å². The molecule has 30 heteroatoms. The van der Waals surface area contributed by atoms with Crippen LogP contribution in [0.25, 0.3) is 0 Å². The van der Waals surface area contributed by atoms with Crippen molar-refractivity contribution in [1.29, 1.82) is 0 Å². The molecule has 0 radical (unpaired) electrons. The molecule has 1 aromatic carbocycles. The first-order valence-corrected chi connectivity index (χ1v) is 26.7. The number of morpholine rings is 1. The van der Waals surface area contributed by atoms with Crippen LogP contribution in [0.5, 0.6) is 0 Å². The lowest BCUT2D eigenvalue weighted by Gasteiger charge is -2.37. The lowest BCUT2D eigenvalue weighted by atomic mass is 10.0. The molecule has 1 unspecified atom stereocenters. The van der Waals surface area contributed by atoms with Crippen LogP contribution in [0.2, 0.25) is 0 Å². The zero-order valence-electron chi connectivity index (χ0n) is 44.8. The molecule has 2 aliphatic rings. The number of rotatable bonds is 34. The average Bonchev–Trinajstić information content (AvgIpc) is 3.41. The molecular weight excluding hydrogens is 1050 g/mol. The van der Waals surface area contributed by atoms with E-state index in [4.69, 9.17) is 14.8 Å². The van der Waals surface area contributed by atoms with Crippen molar-refractivity contribution in [2.24, 2.45) is 0 Å². The van der Waals surface area contributed by atoms with Crippen molar-refractivity contribution in [2.45, 2.75) is 95.2 Å². The van der Waals surface area contributed by atoms with Crippen molar-refractivity contribution in [2.75, 3.05) is 127 Å². The number of unbranched alkanes of at least 4 members (excludes halogenated alkanes) is 5. The highest BCUT2D eigenvalue weighted by molar-refractivity contribution is 5.86. The van der Waals surface area contributed by atoms with Crippen molar-refractivity contribution < 1.29 is 83.6 Å². The van der Waals surface area contributed by atoms with Gasteiger partial charge in [0.25, 0.3) is 0 Å². The second-order valence-corrected chi connectivity index (χ2v) is 19.5. The minimum absolute atomic E-state index is 0.0165. The highest BCUT2D eigenvalue weighted by atomic mass is 16.5. The quantitative estimate of drug-likeness (QED) is 0.0411. The molecule has 2 fully saturated rings. The molecule has 2 aliphatic heterocycles. The van der Waals surface area contributed by atoms with Crippen LogP contribution in [0.15, 0.2) is 24.3 Å². The number of nitrogens with zero attached hydrogens (tertiary/aromatic N) is 8. The van der Waals surface area contributed by atoms with Gasteiger partial charge < -0.3 is 72.0 Å². The van der Waals surface area contributed by atoms with Gasteiger partial charge in [-0.2, -0.15) is 15.0 Å². The van der Waals surface area contributed by atoms with Crippen molar-refractivity contribution in [3.63, 3.8) is 0 Å². The Morgan fingerprint density at radius 1 is 0.550 bits per heavy atom. The summed E-state index contributed by atoms with van der Waals surface area (Å²) in [6, 6.07) is 2.92. The van der Waals surface area contributed by atoms with E-state index in [9.17, 15) is 73.8 Å². The number of carboxylic acids is 7. The number of nitrogens with one attached hydrogen (secondary N) is 5. The van der Waals surface area contributed by atoms with E-state index >= 15 is 0 Å². The molecule has 3 heterocycles. The Balaban J connectivity index is 1.28. The maximum absolute atomic E-state index is 12.4. The highest BCUT2D eigenvalue weighted by Crippen LogP contribution is 2.21. The van der Waals surface area contributed by atoms with Crippen LogP contribution in [0.1, 0.15) is 76.2 Å². The Hall–Kier alpha value is -7.54. The van der Waals surface area contributed by atoms with E-state index in [0.717, 1.165) is 31.2 Å². The summed E-state index contributed by atoms with van der Waals surface area (Å²) in [4.78, 5) is 129. The molecule has 2 saturated heterocycles. The molecular formula is C50H77N13O17. The van der Waals surface area contributed by atoms with Crippen LogP contribution in [0.3, 0.4) is 0 Å². The summed E-state index contributed by atoms with van der Waals surface area (Å²) < 4.78 is 5.54. The van der Waals surface area contributed by atoms with Gasteiger partial charge in [0.1, 0.15) is 12.1 Å². The maximum Gasteiger partial charge on any atom is 0.326 e. The molecule has 3 amide bonds. The first-order valence-electron chi connectivity index (χ1n) is 26.7. The average molecular weight is 1130 g/mol. The number of aromatic nitrogens is 3. The lowest BCUT2D eigenvalue weighted by molar-refractivity contribution is -0.142. The van der Waals surface area contributed by atoms with Gasteiger partial charge in [-0.15, -0.1) is 0 Å². The second-order valence-electron chi connectivity index (χ2n) is 19.5. The molecule has 2 aromatic rings. The molecule has 12 N–H and O–H groups in total. The number of urea groups is 1. The Morgan fingerprint density at radius 2 is 1.09 bits per heavy atom. The number of amides is 3. The Morgan fingerprint density at radius 3 is 1.69 bits per heavy atom. The number of carboxylic acid groups (broad SMARTS) is 7. The third-order valence-electron chi connectivity index (χ3n) is 13.1. The van der Waals surface area contributed by atoms with E-state index in [0.29, 0.717) is 89.1 Å². The third kappa shape index (κ3) is 26.4. The standard InChI is InChI=1S/C50H77N13O17/c64-39(51-16-7-5-8-37(45(75)76)54-50(79)55-38(46(77)78)14-15-40(65)66)9-4-2-1-3-6-17-52-47-56-48(58-49(57-47)62-24-26-80-27-25-62)53-35-12-10-34(11-13-35)28-36-29-61(32-43(71)72)21-20-59(30-41(67)68)18-19-60(31-42(69)70)22-23-63(36)33-44(73)74/h10-13,36-38H,1-9,14-33H2,(H,51,64)(H,65,66)(H,67,68)(H,69,70)(H,71,72)(H,73,74)(H,75,76)(H,77,78)(H2,54,55,79)(H2,52,53,56,57,58)/t36?,37-,38-/m0/s1. The van der Waals surface area contributed by atoms with Gasteiger partial charge >= 0.3 is 47.8 Å². The smallest absolute Gasteiger partial charge is 0.326 e. The fraction of sp³-hybridized carbons (Fsp3) is 0.640. The molecule has 444 valence electrons. The summed E-state index contributed by atoms with van der Waals surface area (Å²) in [6.07, 6.45) is 4.51. The van der Waals surface area contributed by atoms with Gasteiger partial charge in [-0.25, -0.2) is 14.4 Å². The Kier molecular flexibility index (Phi) is 28.6. The molecule has 0 bridgehead atoms. The summed E-state index contributed by atoms with van der Waals surface area (Å²) in [5.74, 6) is -7.47. The predicted octanol–water partition coefficient (Wildman–Crippen LogP) is 0.0323. The van der Waals surface area contributed by atoms with Crippen LogP contribution >= 0.6 is 0 Å². The van der Waals surface area contributed by atoms with Crippen LogP contribution < -0.4 is 31.5 Å². The highest BCUT2D eigenvalue weighted by Gasteiger charge is 2.29. The van der Waals surface area contributed by atoms with E-state index in [-0.39, 0.29) is 96.7 Å². The van der Waals surface area contributed by atoms with Gasteiger partial charge in [-0.05, 0) is 62.6 Å². The summed E-state index contributed by atoms with van der Waals surface area (Å²) in [6.45, 7) is 2.79. The zero-order chi connectivity index (χ0) is 58.4. The SMILES string of the molecule is O=C(O)CC[C@H](NC(=O)N[C@@H](CCCCNC(=O)CCCCCCCNc1nc(Nc2ccc(CC3CN(CC(=O)O)CCN(CC(=O)O)CCN(CC(=O)O)CCN3CC(=O)O)cc2)nc(N2CCOCC2)n1)C(=O)O)C(=O)O. The number of carbonyl (C=O) groups excluding carboxylic acids is 2. The third-order valence-corrected chi connectivity index (χ3v) is 13.1. The number of anilines is 4. The van der Waals surface area contributed by atoms with Crippen LogP contribution in [-0.2, 0) is 49.5 Å². The Labute approximate surface area is 462 Å². The molecule has 80 heavy (non-hydrogen) atoms. The topological polar surface area (TPSA) is 419 Å². The maximum atomic E-state index is 12.4. The Bertz CT molecular complexity index is 2350. The van der Waals surface area contributed by atoms with Gasteiger partial charge in [0.15, 0.2) is 0 Å². The first kappa shape index (κ1) is 65.0. The number of hydrogen-bond acceptors (Lipinski definition) is 20. The van der Waals surface area contributed by atoms with Gasteiger partial charge in [-0.1, -0.05) is 31.4 Å². The second kappa shape index (κ2) is 35.2. The van der Waals surface area contributed by atoms with Crippen molar-refractivity contribution >= 4 is 77.3 Å². The number of ether oxygens (including phenoxy) is 1. The lowest BCUT2D eigenvalue weighted by Crippen LogP contribution is -2.53. The molecule has 4 rings (SSSR count). The minimum atomic E-state index is -1.51. The molecule has 0 spiro atoms. The van der Waals surface area contributed by atoms with E-state index in [1.807, 2.05) is 29.2 Å². The van der Waals surface area contributed by atoms with E-state index < -0.39 is 72.4 Å². The molecule has 3 atom stereocenters. The van der Waals surface area contributed by atoms with Gasteiger partial charge in [0, 0.05) is 96.6 Å². The van der Waals surface area contributed by atoms with Crippen LogP contribution in [0.4, 0.5) is 28.3 Å². The molecule has 0 aliphatic carbocycles. The predicted molar refractivity (Wildman–Crippen MR) is 286 cm³/mol. The number of aliphatic carboxylic acids is 7. The largest absolute Gasteiger partial charge is 0.481 e. The summed E-state index contributed by atoms with van der Waals surface area (Å²) in [7, 11) is 0. The van der Waals surface area contributed by atoms with Gasteiger partial charge in [-0.3, -0.25) is 48.4 Å². The molecule has 30 nitrogen and oxygen atoms in total. The van der Waals surface area contributed by atoms with E-state index in [2.05, 4.69) is 36.6 Å². The van der Waals surface area contributed by atoms with Crippen molar-refractivity contribution in [1.82, 2.24) is 50.5 Å². The number of hydrogen-bond donors (Lipinski definition) is 12. The van der Waals surface area contributed by atoms with Crippen molar-refractivity contribution in [3.05, 3.63) is 29.8 Å². The van der Waals surface area contributed by atoms with Crippen LogP contribution in [-0.4, -0.2) is 254 Å². The number of benzene rings is 1. The monoisotopic (exact) mass is 1130 g/mol. The fourth-order valence-electron chi connectivity index (χ4n) is 8.96. The van der Waals surface area contributed by atoms with E-state index in [1.165, 1.54) is 0 Å². The summed E-state index contributed by atoms with van der Waals surface area (Å²) in [5.41, 5.74) is 1.44. The summed E-state index contributed by atoms with van der Waals surface area (Å²) >= 11 is 0. The van der Waals surface area contributed by atoms with E-state index in [1.54, 1.807) is 19.6 Å². The zero-order valence-corrected chi connectivity index (χ0v) is 44.8.